The number of para-hydroxylation sites is 1. The summed E-state index contributed by atoms with van der Waals surface area (Å²) in [6.07, 6.45) is -1.54. The van der Waals surface area contributed by atoms with E-state index in [1.165, 1.54) is 0 Å². The van der Waals surface area contributed by atoms with Crippen LogP contribution in [0.1, 0.15) is 11.9 Å². The van der Waals surface area contributed by atoms with Crippen LogP contribution in [-0.2, 0) is 0 Å². The largest absolute Gasteiger partial charge is 0.364 e. The molecule has 1 aromatic heterocycles. The van der Waals surface area contributed by atoms with Crippen molar-refractivity contribution >= 4 is 22.6 Å². The summed E-state index contributed by atoms with van der Waals surface area (Å²) >= 11 is 5.95. The normalized spacial score (nSPS) is 11.4. The zero-order valence-electron chi connectivity index (χ0n) is 9.84. The maximum atomic E-state index is 9.33. The van der Waals surface area contributed by atoms with Gasteiger partial charge in [0, 0.05) is 16.1 Å². The van der Waals surface area contributed by atoms with Crippen LogP contribution in [0.3, 0.4) is 0 Å². The fourth-order valence-corrected chi connectivity index (χ4v) is 2.23. The molecule has 96 valence electrons. The summed E-state index contributed by atoms with van der Waals surface area (Å²) in [4.78, 5) is 7.55. The van der Waals surface area contributed by atoms with Crippen LogP contribution in [0.15, 0.2) is 42.5 Å². The van der Waals surface area contributed by atoms with Gasteiger partial charge < -0.3 is 15.2 Å². The molecule has 3 rings (SSSR count). The number of H-pyrrole nitrogens is 1. The fourth-order valence-electron chi connectivity index (χ4n) is 2.04. The molecule has 3 N–H and O–H groups in total. The zero-order chi connectivity index (χ0) is 13.4. The Bertz CT molecular complexity index is 737. The van der Waals surface area contributed by atoms with Crippen molar-refractivity contribution in [1.82, 2.24) is 9.97 Å². The Kier molecular flexibility index (Phi) is 2.98. The molecule has 0 bridgehead atoms. The second-order valence-electron chi connectivity index (χ2n) is 4.21. The van der Waals surface area contributed by atoms with E-state index in [-0.39, 0.29) is 0 Å². The van der Waals surface area contributed by atoms with E-state index in [0.717, 1.165) is 11.1 Å². The number of hydrogen-bond donors (Lipinski definition) is 3. The first kappa shape index (κ1) is 12.2. The molecule has 0 unspecified atom stereocenters. The molecule has 19 heavy (non-hydrogen) atoms. The molecule has 0 aliphatic rings. The Labute approximate surface area is 114 Å². The van der Waals surface area contributed by atoms with Gasteiger partial charge in [-0.05, 0) is 18.2 Å². The number of hydrogen-bond acceptors (Lipinski definition) is 3. The summed E-state index contributed by atoms with van der Waals surface area (Å²) in [5, 5.41) is 19.3. The van der Waals surface area contributed by atoms with Gasteiger partial charge >= 0.3 is 0 Å². The number of benzene rings is 2. The van der Waals surface area contributed by atoms with Crippen LogP contribution in [0.2, 0.25) is 5.02 Å². The summed E-state index contributed by atoms with van der Waals surface area (Å²) in [5.41, 5.74) is 2.53. The van der Waals surface area contributed by atoms with E-state index in [2.05, 4.69) is 9.97 Å². The van der Waals surface area contributed by atoms with Crippen LogP contribution in [0.5, 0.6) is 0 Å². The average Bonchev–Trinajstić information content (AvgIpc) is 2.82. The number of fused-ring (bicyclic) bond motifs is 1. The highest BCUT2D eigenvalue weighted by Gasteiger charge is 2.12. The lowest BCUT2D eigenvalue weighted by atomic mass is 10.2. The lowest BCUT2D eigenvalue weighted by molar-refractivity contribution is -0.0414. The lowest BCUT2D eigenvalue weighted by Crippen LogP contribution is -1.95. The van der Waals surface area contributed by atoms with E-state index < -0.39 is 6.29 Å². The van der Waals surface area contributed by atoms with Gasteiger partial charge in [-0.1, -0.05) is 35.9 Å². The summed E-state index contributed by atoms with van der Waals surface area (Å²) in [6, 6.07) is 12.5. The summed E-state index contributed by atoms with van der Waals surface area (Å²) in [5.74, 6) is 0.644. The van der Waals surface area contributed by atoms with Gasteiger partial charge in [0.1, 0.15) is 5.82 Å². The summed E-state index contributed by atoms with van der Waals surface area (Å²) in [7, 11) is 0. The van der Waals surface area contributed by atoms with E-state index in [0.29, 0.717) is 21.9 Å². The Hall–Kier alpha value is -1.88. The zero-order valence-corrected chi connectivity index (χ0v) is 10.6. The Morgan fingerprint density at radius 3 is 2.63 bits per heavy atom. The highest BCUT2D eigenvalue weighted by molar-refractivity contribution is 6.30. The standard InChI is InChI=1S/C14H11ClN2O2/c15-9-4-1-3-8(7-9)13-16-11-6-2-5-10(14(18)19)12(11)17-13/h1-7,14,18-19H,(H,16,17). The quantitative estimate of drug-likeness (QED) is 0.630. The van der Waals surface area contributed by atoms with Crippen molar-refractivity contribution in [3.05, 3.63) is 53.1 Å². The number of nitrogens with zero attached hydrogens (tertiary/aromatic N) is 1. The number of rotatable bonds is 2. The first-order valence-electron chi connectivity index (χ1n) is 5.76. The SMILES string of the molecule is OC(O)c1cccc2[nH]c(-c3cccc(Cl)c3)nc12. The maximum absolute atomic E-state index is 9.33. The number of nitrogens with one attached hydrogen (secondary N) is 1. The Morgan fingerprint density at radius 2 is 1.89 bits per heavy atom. The number of aliphatic hydroxyl groups excluding tert-OH is 1. The molecule has 5 heteroatoms. The van der Waals surface area contributed by atoms with E-state index in [1.54, 1.807) is 24.3 Å². The van der Waals surface area contributed by atoms with Crippen molar-refractivity contribution in [2.24, 2.45) is 0 Å². The Balaban J connectivity index is 2.19. The van der Waals surface area contributed by atoms with Crippen molar-refractivity contribution in [2.75, 3.05) is 0 Å². The molecule has 0 aliphatic heterocycles. The average molecular weight is 275 g/mol. The van der Waals surface area contributed by atoms with Gasteiger partial charge in [-0.2, -0.15) is 0 Å². The predicted molar refractivity (Wildman–Crippen MR) is 73.7 cm³/mol. The Morgan fingerprint density at radius 1 is 1.11 bits per heavy atom. The minimum Gasteiger partial charge on any atom is -0.364 e. The topological polar surface area (TPSA) is 69.1 Å². The molecule has 0 atom stereocenters. The van der Waals surface area contributed by atoms with Crippen LogP contribution in [0, 0.1) is 0 Å². The summed E-state index contributed by atoms with van der Waals surface area (Å²) in [6.45, 7) is 0. The van der Waals surface area contributed by atoms with Crippen molar-refractivity contribution in [3.8, 4) is 11.4 Å². The van der Waals surface area contributed by atoms with Gasteiger partial charge in [0.15, 0.2) is 6.29 Å². The van der Waals surface area contributed by atoms with Crippen LogP contribution >= 0.6 is 11.6 Å². The third-order valence-corrected chi connectivity index (χ3v) is 3.16. The third-order valence-electron chi connectivity index (χ3n) is 2.92. The lowest BCUT2D eigenvalue weighted by Gasteiger charge is -2.02. The predicted octanol–water partition coefficient (Wildman–Crippen LogP) is 2.87. The van der Waals surface area contributed by atoms with E-state index in [1.807, 2.05) is 18.2 Å². The molecule has 0 radical (unpaired) electrons. The minimum absolute atomic E-state index is 0.377. The van der Waals surface area contributed by atoms with Gasteiger partial charge in [-0.15, -0.1) is 0 Å². The van der Waals surface area contributed by atoms with Gasteiger partial charge in [0.2, 0.25) is 0 Å². The molecule has 4 nitrogen and oxygen atoms in total. The molecule has 1 heterocycles. The molecule has 0 spiro atoms. The van der Waals surface area contributed by atoms with Crippen LogP contribution in [-0.4, -0.2) is 20.2 Å². The van der Waals surface area contributed by atoms with Crippen molar-refractivity contribution < 1.29 is 10.2 Å². The summed E-state index contributed by atoms with van der Waals surface area (Å²) < 4.78 is 0. The van der Waals surface area contributed by atoms with Gasteiger partial charge in [0.25, 0.3) is 0 Å². The second kappa shape index (κ2) is 4.66. The minimum atomic E-state index is -1.54. The van der Waals surface area contributed by atoms with Crippen molar-refractivity contribution in [1.29, 1.82) is 0 Å². The smallest absolute Gasteiger partial charge is 0.180 e. The molecule has 0 amide bonds. The number of halogens is 1. The number of imidazole rings is 1. The number of aromatic amines is 1. The molecule has 3 aromatic rings. The number of aromatic nitrogens is 2. The van der Waals surface area contributed by atoms with Crippen LogP contribution < -0.4 is 0 Å². The van der Waals surface area contributed by atoms with E-state index >= 15 is 0 Å². The molecule has 0 saturated carbocycles. The highest BCUT2D eigenvalue weighted by atomic mass is 35.5. The second-order valence-corrected chi connectivity index (χ2v) is 4.65. The van der Waals surface area contributed by atoms with Gasteiger partial charge in [0.05, 0.1) is 11.0 Å². The van der Waals surface area contributed by atoms with Crippen LogP contribution in [0.4, 0.5) is 0 Å². The van der Waals surface area contributed by atoms with Gasteiger partial charge in [-0.3, -0.25) is 0 Å². The van der Waals surface area contributed by atoms with Crippen molar-refractivity contribution in [2.45, 2.75) is 6.29 Å². The molecule has 0 aliphatic carbocycles. The molecular weight excluding hydrogens is 264 g/mol. The first-order valence-corrected chi connectivity index (χ1v) is 6.13. The molecule has 0 saturated heterocycles. The first-order chi connectivity index (χ1) is 9.15. The number of aliphatic hydroxyl groups is 2. The maximum Gasteiger partial charge on any atom is 0.180 e. The third kappa shape index (κ3) is 2.21. The fraction of sp³-hybridized carbons (Fsp3) is 0.0714. The molecular formula is C14H11ClN2O2. The van der Waals surface area contributed by atoms with E-state index in [4.69, 9.17) is 11.6 Å². The monoisotopic (exact) mass is 274 g/mol. The van der Waals surface area contributed by atoms with Gasteiger partial charge in [-0.25, -0.2) is 4.98 Å². The molecule has 2 aromatic carbocycles. The molecule has 0 fully saturated rings. The van der Waals surface area contributed by atoms with Crippen LogP contribution in [0.25, 0.3) is 22.4 Å². The van der Waals surface area contributed by atoms with E-state index in [9.17, 15) is 10.2 Å². The van der Waals surface area contributed by atoms with Crippen molar-refractivity contribution in [3.63, 3.8) is 0 Å². The highest BCUT2D eigenvalue weighted by Crippen LogP contribution is 2.26.